The van der Waals surface area contributed by atoms with Crippen LogP contribution in [0, 0.1) is 0 Å². The highest BCUT2D eigenvalue weighted by Crippen LogP contribution is 2.32. The van der Waals surface area contributed by atoms with Crippen LogP contribution in [0.4, 0.5) is 18.9 Å². The number of anilines is 1. The summed E-state index contributed by atoms with van der Waals surface area (Å²) >= 11 is 5.74. The minimum atomic E-state index is -4.82. The second-order valence-corrected chi connectivity index (χ2v) is 4.24. The standard InChI is InChI=1S/C12H13ClF3NO3.ClH/c1-2-19-10(18)4-3-7-5-8(20-12(14,15)16)6-9(13)11(7)17;/h5-6H,2-4,17H2,1H3;1H. The molecule has 4 nitrogen and oxygen atoms in total. The Morgan fingerprint density at radius 2 is 2.00 bits per heavy atom. The van der Waals surface area contributed by atoms with E-state index in [0.717, 1.165) is 12.1 Å². The molecule has 0 unspecified atom stereocenters. The Morgan fingerprint density at radius 1 is 1.38 bits per heavy atom. The summed E-state index contributed by atoms with van der Waals surface area (Å²) in [5.74, 6) is -0.944. The van der Waals surface area contributed by atoms with Crippen LogP contribution in [0.3, 0.4) is 0 Å². The Bertz CT molecular complexity index is 495. The first-order chi connectivity index (χ1) is 9.23. The number of hydrogen-bond donors (Lipinski definition) is 1. The molecule has 9 heteroatoms. The van der Waals surface area contributed by atoms with Gasteiger partial charge in [0, 0.05) is 12.5 Å². The van der Waals surface area contributed by atoms with Crippen LogP contribution < -0.4 is 10.5 Å². The summed E-state index contributed by atoms with van der Waals surface area (Å²) in [6.45, 7) is 1.88. The molecule has 0 aliphatic rings. The van der Waals surface area contributed by atoms with E-state index >= 15 is 0 Å². The maximum absolute atomic E-state index is 12.1. The summed E-state index contributed by atoms with van der Waals surface area (Å²) in [6.07, 6.45) is -4.72. The van der Waals surface area contributed by atoms with E-state index in [-0.39, 0.29) is 42.6 Å². The third kappa shape index (κ3) is 6.77. The maximum Gasteiger partial charge on any atom is 0.573 e. The van der Waals surface area contributed by atoms with Gasteiger partial charge in [0.2, 0.25) is 0 Å². The summed E-state index contributed by atoms with van der Waals surface area (Å²) in [7, 11) is 0. The molecule has 21 heavy (non-hydrogen) atoms. The largest absolute Gasteiger partial charge is 0.573 e. The SMILES string of the molecule is CCOC(=O)CCc1cc(OC(F)(F)F)cc(Cl)c1N.Cl. The molecule has 0 saturated heterocycles. The van der Waals surface area contributed by atoms with E-state index in [1.807, 2.05) is 0 Å². The van der Waals surface area contributed by atoms with Gasteiger partial charge in [0.25, 0.3) is 0 Å². The summed E-state index contributed by atoms with van der Waals surface area (Å²) in [4.78, 5) is 11.2. The van der Waals surface area contributed by atoms with Crippen molar-refractivity contribution >= 4 is 35.7 Å². The van der Waals surface area contributed by atoms with Gasteiger partial charge in [0.1, 0.15) is 5.75 Å². The van der Waals surface area contributed by atoms with Gasteiger partial charge in [-0.25, -0.2) is 0 Å². The van der Waals surface area contributed by atoms with Gasteiger partial charge in [-0.3, -0.25) is 4.79 Å². The smallest absolute Gasteiger partial charge is 0.466 e. The average molecular weight is 348 g/mol. The van der Waals surface area contributed by atoms with E-state index in [0.29, 0.717) is 5.56 Å². The Kier molecular flexibility index (Phi) is 7.67. The molecule has 0 saturated carbocycles. The van der Waals surface area contributed by atoms with E-state index in [2.05, 4.69) is 4.74 Å². The number of nitrogens with two attached hydrogens (primary N) is 1. The van der Waals surface area contributed by atoms with Crippen molar-refractivity contribution in [3.63, 3.8) is 0 Å². The zero-order valence-corrected chi connectivity index (χ0v) is 12.6. The fourth-order valence-electron chi connectivity index (χ4n) is 1.52. The molecule has 0 aromatic heterocycles. The minimum Gasteiger partial charge on any atom is -0.466 e. The molecule has 0 fully saturated rings. The van der Waals surface area contributed by atoms with Crippen molar-refractivity contribution in [3.05, 3.63) is 22.7 Å². The first-order valence-electron chi connectivity index (χ1n) is 5.72. The van der Waals surface area contributed by atoms with E-state index in [9.17, 15) is 18.0 Å². The number of carbonyl (C=O) groups is 1. The number of ether oxygens (including phenoxy) is 2. The van der Waals surface area contributed by atoms with Gasteiger partial charge in [-0.15, -0.1) is 25.6 Å². The highest BCUT2D eigenvalue weighted by Gasteiger charge is 2.31. The lowest BCUT2D eigenvalue weighted by atomic mass is 10.1. The molecule has 1 rings (SSSR count). The number of esters is 1. The second kappa shape index (κ2) is 8.19. The van der Waals surface area contributed by atoms with Gasteiger partial charge in [0.15, 0.2) is 0 Å². The van der Waals surface area contributed by atoms with Gasteiger partial charge in [-0.05, 0) is 25.0 Å². The van der Waals surface area contributed by atoms with Gasteiger partial charge in [-0.2, -0.15) is 0 Å². The molecule has 1 aromatic rings. The number of aryl methyl sites for hydroxylation is 1. The second-order valence-electron chi connectivity index (χ2n) is 3.83. The lowest BCUT2D eigenvalue weighted by molar-refractivity contribution is -0.274. The minimum absolute atomic E-state index is 0. The van der Waals surface area contributed by atoms with Gasteiger partial charge < -0.3 is 15.2 Å². The van der Waals surface area contributed by atoms with Gasteiger partial charge in [0.05, 0.1) is 17.3 Å². The van der Waals surface area contributed by atoms with E-state index < -0.39 is 18.1 Å². The van der Waals surface area contributed by atoms with Crippen LogP contribution in [-0.2, 0) is 16.0 Å². The molecule has 120 valence electrons. The summed E-state index contributed by atoms with van der Waals surface area (Å²) < 4.78 is 44.9. The Hall–Kier alpha value is -1.34. The molecular formula is C12H14Cl2F3NO3. The molecular weight excluding hydrogens is 334 g/mol. The van der Waals surface area contributed by atoms with E-state index in [4.69, 9.17) is 22.1 Å². The van der Waals surface area contributed by atoms with Crippen LogP contribution in [-0.4, -0.2) is 18.9 Å². The Labute approximate surface area is 130 Å². The van der Waals surface area contributed by atoms with Crippen LogP contribution in [0.25, 0.3) is 0 Å². The predicted molar refractivity (Wildman–Crippen MR) is 74.7 cm³/mol. The van der Waals surface area contributed by atoms with E-state index in [1.54, 1.807) is 6.92 Å². The fraction of sp³-hybridized carbons (Fsp3) is 0.417. The normalized spacial score (nSPS) is 10.7. The molecule has 1 aromatic carbocycles. The van der Waals surface area contributed by atoms with Crippen molar-refractivity contribution in [1.29, 1.82) is 0 Å². The zero-order chi connectivity index (χ0) is 15.3. The number of alkyl halides is 3. The van der Waals surface area contributed by atoms with Crippen molar-refractivity contribution in [2.75, 3.05) is 12.3 Å². The van der Waals surface area contributed by atoms with Crippen LogP contribution in [0.1, 0.15) is 18.9 Å². The number of benzene rings is 1. The Balaban J connectivity index is 0.00000400. The van der Waals surface area contributed by atoms with E-state index in [1.165, 1.54) is 0 Å². The number of carbonyl (C=O) groups excluding carboxylic acids is 1. The molecule has 0 bridgehead atoms. The molecule has 0 amide bonds. The van der Waals surface area contributed by atoms with Gasteiger partial charge in [-0.1, -0.05) is 11.6 Å². The molecule has 0 radical (unpaired) electrons. The lowest BCUT2D eigenvalue weighted by Gasteiger charge is -2.13. The Morgan fingerprint density at radius 3 is 2.52 bits per heavy atom. The molecule has 0 aliphatic carbocycles. The summed E-state index contributed by atoms with van der Waals surface area (Å²) in [6, 6.07) is 2.08. The number of nitrogen functional groups attached to an aromatic ring is 1. The highest BCUT2D eigenvalue weighted by atomic mass is 35.5. The van der Waals surface area contributed by atoms with Crippen LogP contribution in [0.2, 0.25) is 5.02 Å². The highest BCUT2D eigenvalue weighted by molar-refractivity contribution is 6.33. The molecule has 0 atom stereocenters. The predicted octanol–water partition coefficient (Wildman–Crippen LogP) is 3.74. The van der Waals surface area contributed by atoms with Crippen molar-refractivity contribution in [3.8, 4) is 5.75 Å². The molecule has 2 N–H and O–H groups in total. The first-order valence-corrected chi connectivity index (χ1v) is 6.10. The van der Waals surface area contributed by atoms with Crippen molar-refractivity contribution in [1.82, 2.24) is 0 Å². The molecule has 0 aliphatic heterocycles. The third-order valence-corrected chi connectivity index (χ3v) is 2.64. The first kappa shape index (κ1) is 19.7. The third-order valence-electron chi connectivity index (χ3n) is 2.33. The quantitative estimate of drug-likeness (QED) is 0.651. The van der Waals surface area contributed by atoms with Crippen molar-refractivity contribution in [2.45, 2.75) is 26.1 Å². The average Bonchev–Trinajstić information content (AvgIpc) is 2.30. The lowest BCUT2D eigenvalue weighted by Crippen LogP contribution is -2.17. The number of rotatable bonds is 5. The summed E-state index contributed by atoms with van der Waals surface area (Å²) in [5, 5.41) is -0.0643. The van der Waals surface area contributed by atoms with Crippen LogP contribution in [0.15, 0.2) is 12.1 Å². The van der Waals surface area contributed by atoms with Gasteiger partial charge >= 0.3 is 12.3 Å². The summed E-state index contributed by atoms with van der Waals surface area (Å²) in [5.41, 5.74) is 6.07. The number of hydrogen-bond acceptors (Lipinski definition) is 4. The maximum atomic E-state index is 12.1. The molecule has 0 heterocycles. The van der Waals surface area contributed by atoms with Crippen LogP contribution in [0.5, 0.6) is 5.75 Å². The monoisotopic (exact) mass is 347 g/mol. The topological polar surface area (TPSA) is 61.5 Å². The van der Waals surface area contributed by atoms with Crippen molar-refractivity contribution < 1.29 is 27.4 Å². The number of halogens is 5. The van der Waals surface area contributed by atoms with Crippen molar-refractivity contribution in [2.24, 2.45) is 0 Å². The fourth-order valence-corrected chi connectivity index (χ4v) is 1.75. The van der Waals surface area contributed by atoms with Crippen LogP contribution >= 0.6 is 24.0 Å². The molecule has 0 spiro atoms. The zero-order valence-electron chi connectivity index (χ0n) is 11.0.